The summed E-state index contributed by atoms with van der Waals surface area (Å²) in [6.07, 6.45) is 5.32. The number of aliphatic hydroxyl groups excluding tert-OH is 1. The molecule has 1 aliphatic heterocycles. The highest BCUT2D eigenvalue weighted by molar-refractivity contribution is 5.32. The second kappa shape index (κ2) is 7.36. The molecule has 1 aliphatic rings. The highest BCUT2D eigenvalue weighted by atomic mass is 16.6. The SMILES string of the molecule is O=[N+]([O-])c1ccc(CCN2CCCC2CCCO)cc1. The van der Waals surface area contributed by atoms with Gasteiger partial charge in [-0.05, 0) is 44.2 Å². The number of nitro benzene ring substituents is 1. The summed E-state index contributed by atoms with van der Waals surface area (Å²) in [5.74, 6) is 0. The van der Waals surface area contributed by atoms with Gasteiger partial charge in [0, 0.05) is 31.3 Å². The van der Waals surface area contributed by atoms with Gasteiger partial charge in [-0.3, -0.25) is 10.1 Å². The van der Waals surface area contributed by atoms with Crippen molar-refractivity contribution < 1.29 is 10.0 Å². The summed E-state index contributed by atoms with van der Waals surface area (Å²) in [4.78, 5) is 12.7. The van der Waals surface area contributed by atoms with Gasteiger partial charge in [0.05, 0.1) is 4.92 Å². The Balaban J connectivity index is 1.83. The zero-order chi connectivity index (χ0) is 14.4. The van der Waals surface area contributed by atoms with E-state index < -0.39 is 0 Å². The molecule has 5 nitrogen and oxygen atoms in total. The zero-order valence-corrected chi connectivity index (χ0v) is 11.7. The number of hydrogen-bond donors (Lipinski definition) is 1. The van der Waals surface area contributed by atoms with E-state index in [9.17, 15) is 10.1 Å². The summed E-state index contributed by atoms with van der Waals surface area (Å²) in [6.45, 7) is 2.39. The number of aliphatic hydroxyl groups is 1. The fraction of sp³-hybridized carbons (Fsp3) is 0.600. The molecule has 1 N–H and O–H groups in total. The van der Waals surface area contributed by atoms with Crippen molar-refractivity contribution in [3.63, 3.8) is 0 Å². The molecule has 1 unspecified atom stereocenters. The van der Waals surface area contributed by atoms with Gasteiger partial charge in [-0.25, -0.2) is 0 Å². The van der Waals surface area contributed by atoms with Crippen LogP contribution in [0.4, 0.5) is 5.69 Å². The van der Waals surface area contributed by atoms with Gasteiger partial charge in [0.25, 0.3) is 5.69 Å². The quantitative estimate of drug-likeness (QED) is 0.614. The van der Waals surface area contributed by atoms with Gasteiger partial charge >= 0.3 is 0 Å². The van der Waals surface area contributed by atoms with Crippen LogP contribution >= 0.6 is 0 Å². The molecule has 0 aromatic heterocycles. The Morgan fingerprint density at radius 2 is 2.10 bits per heavy atom. The number of non-ortho nitro benzene ring substituents is 1. The van der Waals surface area contributed by atoms with E-state index in [0.29, 0.717) is 6.04 Å². The zero-order valence-electron chi connectivity index (χ0n) is 11.7. The van der Waals surface area contributed by atoms with Crippen molar-refractivity contribution in [2.75, 3.05) is 19.7 Å². The first-order chi connectivity index (χ1) is 9.70. The maximum Gasteiger partial charge on any atom is 0.269 e. The predicted molar refractivity (Wildman–Crippen MR) is 77.7 cm³/mol. The second-order valence-corrected chi connectivity index (χ2v) is 5.37. The first-order valence-electron chi connectivity index (χ1n) is 7.29. The fourth-order valence-corrected chi connectivity index (χ4v) is 2.90. The molecular weight excluding hydrogens is 256 g/mol. The van der Waals surface area contributed by atoms with Crippen LogP contribution in [0.2, 0.25) is 0 Å². The molecular formula is C15H22N2O3. The van der Waals surface area contributed by atoms with Gasteiger partial charge in [0.15, 0.2) is 0 Å². The van der Waals surface area contributed by atoms with Gasteiger partial charge < -0.3 is 10.0 Å². The van der Waals surface area contributed by atoms with Crippen LogP contribution in [-0.2, 0) is 6.42 Å². The third-order valence-electron chi connectivity index (χ3n) is 4.03. The Morgan fingerprint density at radius 3 is 2.75 bits per heavy atom. The van der Waals surface area contributed by atoms with Crippen LogP contribution in [0.5, 0.6) is 0 Å². The van der Waals surface area contributed by atoms with E-state index in [1.54, 1.807) is 12.1 Å². The molecule has 5 heteroatoms. The van der Waals surface area contributed by atoms with Crippen molar-refractivity contribution in [3.8, 4) is 0 Å². The van der Waals surface area contributed by atoms with Crippen LogP contribution in [0.15, 0.2) is 24.3 Å². The van der Waals surface area contributed by atoms with Crippen LogP contribution in [0.1, 0.15) is 31.2 Å². The molecule has 1 aromatic carbocycles. The third kappa shape index (κ3) is 4.02. The minimum absolute atomic E-state index is 0.149. The van der Waals surface area contributed by atoms with E-state index in [1.165, 1.54) is 12.8 Å². The number of hydrogen-bond acceptors (Lipinski definition) is 4. The molecule has 0 bridgehead atoms. The second-order valence-electron chi connectivity index (χ2n) is 5.37. The minimum atomic E-state index is -0.366. The number of nitrogens with zero attached hydrogens (tertiary/aromatic N) is 2. The lowest BCUT2D eigenvalue weighted by atomic mass is 10.1. The van der Waals surface area contributed by atoms with Crippen molar-refractivity contribution in [1.82, 2.24) is 4.90 Å². The van der Waals surface area contributed by atoms with Crippen LogP contribution in [0.3, 0.4) is 0 Å². The molecule has 0 spiro atoms. The molecule has 1 aromatic rings. The summed E-state index contributed by atoms with van der Waals surface area (Å²) in [5, 5.41) is 19.5. The van der Waals surface area contributed by atoms with Crippen LogP contribution in [-0.4, -0.2) is 40.7 Å². The topological polar surface area (TPSA) is 66.6 Å². The molecule has 20 heavy (non-hydrogen) atoms. The molecule has 0 amide bonds. The summed E-state index contributed by atoms with van der Waals surface area (Å²) in [5.41, 5.74) is 1.29. The number of nitro groups is 1. The van der Waals surface area contributed by atoms with Gasteiger partial charge in [0.1, 0.15) is 0 Å². The maximum absolute atomic E-state index is 10.6. The molecule has 1 heterocycles. The summed E-state index contributed by atoms with van der Waals surface area (Å²) in [7, 11) is 0. The van der Waals surface area contributed by atoms with Crippen molar-refractivity contribution in [2.24, 2.45) is 0 Å². The van der Waals surface area contributed by atoms with E-state index in [0.717, 1.165) is 37.9 Å². The Morgan fingerprint density at radius 1 is 1.35 bits per heavy atom. The van der Waals surface area contributed by atoms with E-state index in [2.05, 4.69) is 4.90 Å². The Kier molecular flexibility index (Phi) is 5.49. The Labute approximate surface area is 119 Å². The first-order valence-corrected chi connectivity index (χ1v) is 7.29. The van der Waals surface area contributed by atoms with Gasteiger partial charge in [0.2, 0.25) is 0 Å². The number of benzene rings is 1. The van der Waals surface area contributed by atoms with E-state index in [1.807, 2.05) is 12.1 Å². The maximum atomic E-state index is 10.6. The summed E-state index contributed by atoms with van der Waals surface area (Å²) in [6, 6.07) is 7.43. The molecule has 2 rings (SSSR count). The van der Waals surface area contributed by atoms with Crippen molar-refractivity contribution >= 4 is 5.69 Å². The highest BCUT2D eigenvalue weighted by Crippen LogP contribution is 2.22. The largest absolute Gasteiger partial charge is 0.396 e. The van der Waals surface area contributed by atoms with Gasteiger partial charge in [-0.15, -0.1) is 0 Å². The molecule has 0 radical (unpaired) electrons. The molecule has 110 valence electrons. The highest BCUT2D eigenvalue weighted by Gasteiger charge is 2.23. The molecule has 1 atom stereocenters. The van der Waals surface area contributed by atoms with Crippen LogP contribution < -0.4 is 0 Å². The van der Waals surface area contributed by atoms with E-state index in [-0.39, 0.29) is 17.2 Å². The molecule has 1 saturated heterocycles. The van der Waals surface area contributed by atoms with Crippen LogP contribution in [0.25, 0.3) is 0 Å². The normalized spacial score (nSPS) is 19.4. The monoisotopic (exact) mass is 278 g/mol. The summed E-state index contributed by atoms with van der Waals surface area (Å²) >= 11 is 0. The Hall–Kier alpha value is -1.46. The van der Waals surface area contributed by atoms with E-state index in [4.69, 9.17) is 5.11 Å². The first kappa shape index (κ1) is 14.9. The molecule has 0 aliphatic carbocycles. The predicted octanol–water partition coefficient (Wildman–Crippen LogP) is 2.37. The summed E-state index contributed by atoms with van der Waals surface area (Å²) < 4.78 is 0. The average molecular weight is 278 g/mol. The van der Waals surface area contributed by atoms with Crippen molar-refractivity contribution in [2.45, 2.75) is 38.1 Å². The van der Waals surface area contributed by atoms with Crippen LogP contribution in [0, 0.1) is 10.1 Å². The van der Waals surface area contributed by atoms with Gasteiger partial charge in [-0.2, -0.15) is 0 Å². The Bertz CT molecular complexity index is 433. The standard InChI is InChI=1S/C15H22N2O3/c18-12-2-4-14-3-1-10-16(14)11-9-13-5-7-15(8-6-13)17(19)20/h5-8,14,18H,1-4,9-12H2. The van der Waals surface area contributed by atoms with Crippen molar-refractivity contribution in [3.05, 3.63) is 39.9 Å². The van der Waals surface area contributed by atoms with Gasteiger partial charge in [-0.1, -0.05) is 12.1 Å². The molecule has 0 saturated carbocycles. The fourth-order valence-electron chi connectivity index (χ4n) is 2.90. The number of likely N-dealkylation sites (tertiary alicyclic amines) is 1. The lowest BCUT2D eigenvalue weighted by Crippen LogP contribution is -2.31. The smallest absolute Gasteiger partial charge is 0.269 e. The lowest BCUT2D eigenvalue weighted by molar-refractivity contribution is -0.384. The third-order valence-corrected chi connectivity index (χ3v) is 4.03. The average Bonchev–Trinajstić information content (AvgIpc) is 2.90. The molecule has 1 fully saturated rings. The minimum Gasteiger partial charge on any atom is -0.396 e. The van der Waals surface area contributed by atoms with Crippen molar-refractivity contribution in [1.29, 1.82) is 0 Å². The van der Waals surface area contributed by atoms with E-state index >= 15 is 0 Å². The number of rotatable bonds is 7. The lowest BCUT2D eigenvalue weighted by Gasteiger charge is -2.24.